The number of nitrogens with zero attached hydrogens (tertiary/aromatic N) is 2. The molecular weight excluding hydrogens is 331 g/mol. The van der Waals surface area contributed by atoms with Crippen molar-refractivity contribution in [3.63, 3.8) is 0 Å². The normalized spacial score (nSPS) is 10.7. The number of hydrogen-bond acceptors (Lipinski definition) is 2. The summed E-state index contributed by atoms with van der Waals surface area (Å²) >= 11 is 11.8. The van der Waals surface area contributed by atoms with Gasteiger partial charge in [-0.15, -0.1) is 0 Å². The van der Waals surface area contributed by atoms with Crippen LogP contribution in [-0.4, -0.2) is 9.78 Å². The minimum Gasteiger partial charge on any atom is -0.268 e. The maximum atomic E-state index is 12.3. The van der Waals surface area contributed by atoms with Gasteiger partial charge in [-0.3, -0.25) is 4.79 Å². The average molecular weight is 345 g/mol. The number of hydrogen-bond donors (Lipinski definition) is 0. The molecule has 3 nitrogen and oxygen atoms in total. The highest BCUT2D eigenvalue weighted by atomic mass is 35.5. The van der Waals surface area contributed by atoms with Gasteiger partial charge in [0.1, 0.15) is 0 Å². The number of aryl methyl sites for hydroxylation is 1. The largest absolute Gasteiger partial charge is 0.270 e. The van der Waals surface area contributed by atoms with E-state index >= 15 is 0 Å². The molecule has 23 heavy (non-hydrogen) atoms. The van der Waals surface area contributed by atoms with E-state index in [0.29, 0.717) is 22.2 Å². The fraction of sp³-hybridized carbons (Fsp3) is 0.111. The zero-order chi connectivity index (χ0) is 16.4. The predicted molar refractivity (Wildman–Crippen MR) is 94.2 cm³/mol. The summed E-state index contributed by atoms with van der Waals surface area (Å²) in [7, 11) is 0. The van der Waals surface area contributed by atoms with E-state index in [1.165, 1.54) is 4.68 Å². The van der Waals surface area contributed by atoms with Gasteiger partial charge in [-0.2, -0.15) is 5.10 Å². The Labute approximate surface area is 144 Å². The number of halogens is 2. The number of aromatic nitrogens is 2. The van der Waals surface area contributed by atoms with Gasteiger partial charge in [-0.1, -0.05) is 47.5 Å². The Bertz CT molecular complexity index is 884. The monoisotopic (exact) mass is 344 g/mol. The molecule has 5 heteroatoms. The van der Waals surface area contributed by atoms with E-state index in [4.69, 9.17) is 23.2 Å². The molecule has 0 aliphatic heterocycles. The molecule has 1 heterocycles. The Hall–Kier alpha value is -2.10. The minimum atomic E-state index is -0.0994. The highest BCUT2D eigenvalue weighted by Crippen LogP contribution is 2.19. The minimum absolute atomic E-state index is 0.0994. The first-order chi connectivity index (χ1) is 11.0. The summed E-state index contributed by atoms with van der Waals surface area (Å²) in [6.45, 7) is 2.19. The molecule has 3 rings (SSSR count). The van der Waals surface area contributed by atoms with Crippen LogP contribution < -0.4 is 5.56 Å². The fourth-order valence-corrected chi connectivity index (χ4v) is 2.56. The van der Waals surface area contributed by atoms with E-state index in [1.54, 1.807) is 25.1 Å². The SMILES string of the molecule is Cc1cc(-c2ccc(Cl)cc2)nn(Cc2ccc(Cl)cc2)c1=O. The van der Waals surface area contributed by atoms with Crippen molar-refractivity contribution in [1.29, 1.82) is 0 Å². The lowest BCUT2D eigenvalue weighted by Crippen LogP contribution is -2.25. The van der Waals surface area contributed by atoms with Gasteiger partial charge in [-0.25, -0.2) is 4.68 Å². The molecule has 0 aliphatic carbocycles. The van der Waals surface area contributed by atoms with Crippen LogP contribution in [0.25, 0.3) is 11.3 Å². The van der Waals surface area contributed by atoms with Gasteiger partial charge < -0.3 is 0 Å². The Balaban J connectivity index is 2.01. The third-order valence-electron chi connectivity index (χ3n) is 3.54. The third kappa shape index (κ3) is 3.63. The van der Waals surface area contributed by atoms with E-state index in [2.05, 4.69) is 5.10 Å². The van der Waals surface area contributed by atoms with Crippen molar-refractivity contribution in [3.8, 4) is 11.3 Å². The van der Waals surface area contributed by atoms with Crippen LogP contribution in [-0.2, 0) is 6.54 Å². The van der Waals surface area contributed by atoms with Crippen LogP contribution in [0, 0.1) is 6.92 Å². The van der Waals surface area contributed by atoms with Gasteiger partial charge in [0.05, 0.1) is 12.2 Å². The van der Waals surface area contributed by atoms with Crippen molar-refractivity contribution < 1.29 is 0 Å². The van der Waals surface area contributed by atoms with Crippen molar-refractivity contribution in [3.05, 3.63) is 86.1 Å². The lowest BCUT2D eigenvalue weighted by molar-refractivity contribution is 0.638. The van der Waals surface area contributed by atoms with Crippen molar-refractivity contribution in [2.75, 3.05) is 0 Å². The second-order valence-corrected chi connectivity index (χ2v) is 6.18. The van der Waals surface area contributed by atoms with Gasteiger partial charge in [0.15, 0.2) is 0 Å². The molecular formula is C18H14Cl2N2O. The molecule has 116 valence electrons. The molecule has 0 amide bonds. The number of benzene rings is 2. The number of rotatable bonds is 3. The van der Waals surface area contributed by atoms with E-state index in [-0.39, 0.29) is 5.56 Å². The van der Waals surface area contributed by atoms with Crippen LogP contribution in [0.5, 0.6) is 0 Å². The second kappa shape index (κ2) is 6.57. The smallest absolute Gasteiger partial charge is 0.268 e. The van der Waals surface area contributed by atoms with Crippen LogP contribution in [0.3, 0.4) is 0 Å². The molecule has 3 aromatic rings. The predicted octanol–water partition coefficient (Wildman–Crippen LogP) is 4.57. The molecule has 0 spiro atoms. The first kappa shape index (κ1) is 15.8. The zero-order valence-electron chi connectivity index (χ0n) is 12.5. The van der Waals surface area contributed by atoms with Gasteiger partial charge >= 0.3 is 0 Å². The molecule has 0 unspecified atom stereocenters. The molecule has 2 aromatic carbocycles. The first-order valence-corrected chi connectivity index (χ1v) is 7.88. The zero-order valence-corrected chi connectivity index (χ0v) is 14.0. The highest BCUT2D eigenvalue weighted by Gasteiger charge is 2.08. The second-order valence-electron chi connectivity index (χ2n) is 5.31. The molecule has 0 radical (unpaired) electrons. The summed E-state index contributed by atoms with van der Waals surface area (Å²) in [5, 5.41) is 5.81. The Morgan fingerprint density at radius 2 is 1.52 bits per heavy atom. The van der Waals surface area contributed by atoms with Crippen LogP contribution in [0.4, 0.5) is 0 Å². The van der Waals surface area contributed by atoms with Crippen LogP contribution in [0.2, 0.25) is 10.0 Å². The Morgan fingerprint density at radius 1 is 0.957 bits per heavy atom. The third-order valence-corrected chi connectivity index (χ3v) is 4.04. The summed E-state index contributed by atoms with van der Waals surface area (Å²) in [6, 6.07) is 16.6. The molecule has 0 fully saturated rings. The van der Waals surface area contributed by atoms with Crippen molar-refractivity contribution in [2.45, 2.75) is 13.5 Å². The lowest BCUT2D eigenvalue weighted by atomic mass is 10.1. The highest BCUT2D eigenvalue weighted by molar-refractivity contribution is 6.30. The molecule has 0 bridgehead atoms. The topological polar surface area (TPSA) is 34.9 Å². The maximum absolute atomic E-state index is 12.3. The van der Waals surface area contributed by atoms with Crippen LogP contribution in [0.1, 0.15) is 11.1 Å². The Kier molecular flexibility index (Phi) is 4.51. The average Bonchev–Trinajstić information content (AvgIpc) is 2.54. The van der Waals surface area contributed by atoms with E-state index in [0.717, 1.165) is 16.8 Å². The molecule has 0 atom stereocenters. The maximum Gasteiger partial charge on any atom is 0.270 e. The summed E-state index contributed by atoms with van der Waals surface area (Å²) in [5.74, 6) is 0. The van der Waals surface area contributed by atoms with Gasteiger partial charge in [0.2, 0.25) is 0 Å². The van der Waals surface area contributed by atoms with E-state index in [9.17, 15) is 4.79 Å². The van der Waals surface area contributed by atoms with Crippen molar-refractivity contribution in [2.24, 2.45) is 0 Å². The summed E-state index contributed by atoms with van der Waals surface area (Å²) < 4.78 is 1.47. The summed E-state index contributed by atoms with van der Waals surface area (Å²) in [4.78, 5) is 12.3. The first-order valence-electron chi connectivity index (χ1n) is 7.12. The molecule has 0 saturated heterocycles. The van der Waals surface area contributed by atoms with E-state index < -0.39 is 0 Å². The fourth-order valence-electron chi connectivity index (χ4n) is 2.31. The molecule has 0 aliphatic rings. The van der Waals surface area contributed by atoms with Gasteiger partial charge in [0.25, 0.3) is 5.56 Å². The van der Waals surface area contributed by atoms with Crippen molar-refractivity contribution in [1.82, 2.24) is 9.78 Å². The molecule has 0 N–H and O–H groups in total. The molecule has 1 aromatic heterocycles. The van der Waals surface area contributed by atoms with Crippen LogP contribution >= 0.6 is 23.2 Å². The standard InChI is InChI=1S/C18H14Cl2N2O/c1-12-10-17(14-4-8-16(20)9-5-14)21-22(18(12)23)11-13-2-6-15(19)7-3-13/h2-10H,11H2,1H3. The summed E-state index contributed by atoms with van der Waals surface area (Å²) in [5.41, 5.74) is 3.18. The lowest BCUT2D eigenvalue weighted by Gasteiger charge is -2.09. The van der Waals surface area contributed by atoms with E-state index in [1.807, 2.05) is 36.4 Å². The quantitative estimate of drug-likeness (QED) is 0.697. The summed E-state index contributed by atoms with van der Waals surface area (Å²) in [6.07, 6.45) is 0. The van der Waals surface area contributed by atoms with Gasteiger partial charge in [-0.05, 0) is 42.8 Å². The van der Waals surface area contributed by atoms with Crippen molar-refractivity contribution >= 4 is 23.2 Å². The van der Waals surface area contributed by atoms with Crippen LogP contribution in [0.15, 0.2) is 59.4 Å². The Morgan fingerprint density at radius 3 is 2.13 bits per heavy atom. The van der Waals surface area contributed by atoms with Gasteiger partial charge in [0, 0.05) is 21.2 Å². The molecule has 0 saturated carbocycles.